The van der Waals surface area contributed by atoms with Gasteiger partial charge in [0, 0.05) is 74.7 Å². The second-order valence-corrected chi connectivity index (χ2v) is 17.2. The van der Waals surface area contributed by atoms with Crippen LogP contribution in [0.25, 0.3) is 33.5 Å². The Balaban J connectivity index is 0.969. The smallest absolute Gasteiger partial charge is 0.410 e. The van der Waals surface area contributed by atoms with E-state index in [0.29, 0.717) is 39.3 Å². The van der Waals surface area contributed by atoms with Gasteiger partial charge in [-0.25, -0.2) is 23.5 Å². The van der Waals surface area contributed by atoms with Gasteiger partial charge in [-0.2, -0.15) is 0 Å². The molecule has 0 aliphatic carbocycles. The maximum absolute atomic E-state index is 15.1. The normalized spacial score (nSPS) is 16.2. The highest BCUT2D eigenvalue weighted by Crippen LogP contribution is 2.35. The summed E-state index contributed by atoms with van der Waals surface area (Å²) in [4.78, 5) is 44.9. The number of amides is 2. The lowest BCUT2D eigenvalue weighted by molar-refractivity contribution is 0.0158. The number of nitrogens with one attached hydrogen (secondary N) is 2. The second-order valence-electron chi connectivity index (χ2n) is 17.2. The predicted molar refractivity (Wildman–Crippen MR) is 221 cm³/mol. The number of likely N-dealkylation sites (tertiary alicyclic amines) is 1. The highest BCUT2D eigenvalue weighted by atomic mass is 19.1. The lowest BCUT2D eigenvalue weighted by Crippen LogP contribution is -2.49. The number of carbonyl (C=O) groups excluding carboxylic acids is 2. The fourth-order valence-electron chi connectivity index (χ4n) is 7.80. The van der Waals surface area contributed by atoms with Gasteiger partial charge in [-0.15, -0.1) is 0 Å². The average Bonchev–Trinajstić information content (AvgIpc) is 3.61. The summed E-state index contributed by atoms with van der Waals surface area (Å²) in [6.07, 6.45) is 3.22. The molecule has 0 saturated carbocycles. The number of carbonyl (C=O) groups is 2. The molecule has 3 N–H and O–H groups in total. The first-order chi connectivity index (χ1) is 27.5. The van der Waals surface area contributed by atoms with Crippen LogP contribution in [0, 0.1) is 24.5 Å². The SMILES string of the molecule is Cc1c(NC(=O)c2ccc(C(C)(C)O)cc2F)cc(F)cc1-c1ncnc2[nH]c(-c3ccc(CN4CCN(CC5CCN(C(=O)OC(C)(C)C)CC5)CC4)cc3)cc12. The molecule has 3 aromatic carbocycles. The fourth-order valence-corrected chi connectivity index (χ4v) is 7.80. The number of aromatic nitrogens is 3. The molecule has 13 heteroatoms. The van der Waals surface area contributed by atoms with Crippen LogP contribution in [-0.4, -0.2) is 98.2 Å². The molecule has 58 heavy (non-hydrogen) atoms. The van der Waals surface area contributed by atoms with E-state index in [4.69, 9.17) is 4.74 Å². The Morgan fingerprint density at radius 1 is 0.897 bits per heavy atom. The molecule has 0 bridgehead atoms. The van der Waals surface area contributed by atoms with Crippen LogP contribution in [0.5, 0.6) is 0 Å². The number of halogens is 2. The van der Waals surface area contributed by atoms with E-state index in [-0.39, 0.29) is 17.3 Å². The van der Waals surface area contributed by atoms with Crippen molar-refractivity contribution in [3.05, 3.63) is 101 Å². The number of fused-ring (bicyclic) bond motifs is 1. The molecule has 11 nitrogen and oxygen atoms in total. The third kappa shape index (κ3) is 9.54. The van der Waals surface area contributed by atoms with Crippen molar-refractivity contribution in [3.63, 3.8) is 0 Å². The van der Waals surface area contributed by atoms with Crippen LogP contribution in [0.1, 0.15) is 74.5 Å². The van der Waals surface area contributed by atoms with E-state index < -0.39 is 28.7 Å². The number of aromatic amines is 1. The first-order valence-corrected chi connectivity index (χ1v) is 20.0. The number of piperazine rings is 1. The van der Waals surface area contributed by atoms with Gasteiger partial charge in [-0.3, -0.25) is 9.69 Å². The van der Waals surface area contributed by atoms with Gasteiger partial charge in [0.2, 0.25) is 0 Å². The molecule has 7 rings (SSSR count). The Morgan fingerprint density at radius 2 is 1.59 bits per heavy atom. The number of rotatable bonds is 9. The van der Waals surface area contributed by atoms with Crippen molar-refractivity contribution < 1.29 is 28.2 Å². The molecule has 2 fully saturated rings. The topological polar surface area (TPSA) is 127 Å². The molecule has 2 aliphatic heterocycles. The van der Waals surface area contributed by atoms with Crippen LogP contribution in [0.15, 0.2) is 67.0 Å². The van der Waals surface area contributed by atoms with Gasteiger partial charge in [0.1, 0.15) is 29.2 Å². The maximum atomic E-state index is 15.1. The number of nitrogens with zero attached hydrogens (tertiary/aromatic N) is 5. The van der Waals surface area contributed by atoms with E-state index in [1.165, 1.54) is 50.0 Å². The fraction of sp³-hybridized carbons (Fsp3) is 0.422. The van der Waals surface area contributed by atoms with Crippen molar-refractivity contribution in [1.82, 2.24) is 29.7 Å². The minimum Gasteiger partial charge on any atom is -0.444 e. The second kappa shape index (κ2) is 16.6. The molecule has 4 heterocycles. The molecule has 2 aliphatic rings. The molecule has 306 valence electrons. The quantitative estimate of drug-likeness (QED) is 0.137. The number of H-pyrrole nitrogens is 1. The number of piperidine rings is 1. The number of hydrogen-bond donors (Lipinski definition) is 3. The number of benzene rings is 3. The van der Waals surface area contributed by atoms with Gasteiger partial charge in [0.15, 0.2) is 0 Å². The molecule has 2 aromatic heterocycles. The number of ether oxygens (including phenoxy) is 1. The predicted octanol–water partition coefficient (Wildman–Crippen LogP) is 8.12. The lowest BCUT2D eigenvalue weighted by Gasteiger charge is -2.39. The third-order valence-corrected chi connectivity index (χ3v) is 11.1. The van der Waals surface area contributed by atoms with E-state index in [2.05, 4.69) is 54.3 Å². The van der Waals surface area contributed by atoms with E-state index in [0.717, 1.165) is 82.5 Å². The summed E-state index contributed by atoms with van der Waals surface area (Å²) in [6, 6.07) is 16.9. The van der Waals surface area contributed by atoms with Crippen molar-refractivity contribution in [1.29, 1.82) is 0 Å². The highest BCUT2D eigenvalue weighted by Gasteiger charge is 2.29. The summed E-state index contributed by atoms with van der Waals surface area (Å²) in [5, 5.41) is 13.6. The van der Waals surface area contributed by atoms with Crippen LogP contribution >= 0.6 is 0 Å². The molecular weight excluding hydrogens is 741 g/mol. The zero-order chi connectivity index (χ0) is 41.4. The minimum atomic E-state index is -1.28. The summed E-state index contributed by atoms with van der Waals surface area (Å²) >= 11 is 0. The van der Waals surface area contributed by atoms with Gasteiger partial charge >= 0.3 is 6.09 Å². The molecule has 0 atom stereocenters. The van der Waals surface area contributed by atoms with E-state index in [9.17, 15) is 19.1 Å². The zero-order valence-electron chi connectivity index (χ0n) is 34.2. The maximum Gasteiger partial charge on any atom is 0.410 e. The summed E-state index contributed by atoms with van der Waals surface area (Å²) in [7, 11) is 0. The largest absolute Gasteiger partial charge is 0.444 e. The number of anilines is 1. The van der Waals surface area contributed by atoms with Crippen molar-refractivity contribution in [2.45, 2.75) is 72.1 Å². The van der Waals surface area contributed by atoms with Crippen LogP contribution in [0.2, 0.25) is 0 Å². The summed E-state index contributed by atoms with van der Waals surface area (Å²) in [5.41, 5.74) is 3.64. The molecular formula is C45H53F2N7O4. The third-order valence-electron chi connectivity index (χ3n) is 11.1. The van der Waals surface area contributed by atoms with Crippen molar-refractivity contribution >= 4 is 28.7 Å². The van der Waals surface area contributed by atoms with Crippen molar-refractivity contribution in [2.75, 3.05) is 51.1 Å². The summed E-state index contributed by atoms with van der Waals surface area (Å²) < 4.78 is 35.7. The van der Waals surface area contributed by atoms with E-state index in [1.807, 2.05) is 31.7 Å². The zero-order valence-corrected chi connectivity index (χ0v) is 34.2. The first kappa shape index (κ1) is 40.9. The average molecular weight is 794 g/mol. The van der Waals surface area contributed by atoms with Gasteiger partial charge in [-0.05, 0) is 113 Å². The van der Waals surface area contributed by atoms with Gasteiger partial charge in [-0.1, -0.05) is 30.3 Å². The van der Waals surface area contributed by atoms with Crippen LogP contribution in [0.3, 0.4) is 0 Å². The molecule has 5 aromatic rings. The van der Waals surface area contributed by atoms with E-state index in [1.54, 1.807) is 6.92 Å². The Hall–Kier alpha value is -5.24. The van der Waals surface area contributed by atoms with Gasteiger partial charge in [0.05, 0.1) is 16.9 Å². The summed E-state index contributed by atoms with van der Waals surface area (Å²) in [5.74, 6) is -1.54. The van der Waals surface area contributed by atoms with Crippen LogP contribution in [-0.2, 0) is 16.9 Å². The summed E-state index contributed by atoms with van der Waals surface area (Å²) in [6.45, 7) is 18.0. The molecule has 2 amide bonds. The lowest BCUT2D eigenvalue weighted by atomic mass is 9.96. The molecule has 0 spiro atoms. The van der Waals surface area contributed by atoms with Gasteiger partial charge < -0.3 is 29.9 Å². The minimum absolute atomic E-state index is 0.183. The van der Waals surface area contributed by atoms with Crippen molar-refractivity contribution in [2.24, 2.45) is 5.92 Å². The number of aliphatic hydroxyl groups is 1. The Bertz CT molecular complexity index is 2280. The Morgan fingerprint density at radius 3 is 2.24 bits per heavy atom. The molecule has 2 saturated heterocycles. The molecule has 0 radical (unpaired) electrons. The monoisotopic (exact) mass is 793 g/mol. The van der Waals surface area contributed by atoms with Gasteiger partial charge in [0.25, 0.3) is 5.91 Å². The molecule has 0 unspecified atom stereocenters. The van der Waals surface area contributed by atoms with Crippen LogP contribution in [0.4, 0.5) is 19.3 Å². The van der Waals surface area contributed by atoms with Crippen LogP contribution < -0.4 is 5.32 Å². The Kier molecular flexibility index (Phi) is 11.7. The van der Waals surface area contributed by atoms with Crippen molar-refractivity contribution in [3.8, 4) is 22.5 Å². The highest BCUT2D eigenvalue weighted by molar-refractivity contribution is 6.06. The first-order valence-electron chi connectivity index (χ1n) is 20.0. The van der Waals surface area contributed by atoms with E-state index >= 15 is 4.39 Å². The standard InChI is InChI=1S/C45H53F2N7O4/c1-28-35(22-33(46)23-38(28)51-42(55)34-12-11-32(21-37(34)47)45(5,6)57)40-36-24-39(50-41(36)49-27-48-40)31-9-7-29(8-10-31)25-52-17-19-53(20-18-52)26-30-13-15-54(16-14-30)43(56)58-44(2,3)4/h7-12,21-24,27,30,57H,13-20,25-26H2,1-6H3,(H,51,55)(H,48,49,50). The Labute approximate surface area is 338 Å². The number of hydrogen-bond acceptors (Lipinski definition) is 8.